The van der Waals surface area contributed by atoms with Gasteiger partial charge >= 0.3 is 5.97 Å². The van der Waals surface area contributed by atoms with Gasteiger partial charge in [0.2, 0.25) is 0 Å². The molecule has 0 fully saturated rings. The van der Waals surface area contributed by atoms with Gasteiger partial charge in [0, 0.05) is 13.1 Å². The summed E-state index contributed by atoms with van der Waals surface area (Å²) in [6.07, 6.45) is 0. The molecule has 0 bridgehead atoms. The molecule has 0 aliphatic carbocycles. The molecule has 1 aromatic heterocycles. The van der Waals surface area contributed by atoms with E-state index in [-0.39, 0.29) is 30.5 Å². The lowest BCUT2D eigenvalue weighted by Gasteiger charge is -1.97. The van der Waals surface area contributed by atoms with Gasteiger partial charge < -0.3 is 10.4 Å². The SMILES string of the molecule is Cl.Cl.O=C(O)c1ccc2c(n1)CNC2. The van der Waals surface area contributed by atoms with E-state index in [1.807, 2.05) is 6.07 Å². The number of nitrogens with one attached hydrogen (secondary N) is 1. The third-order valence-electron chi connectivity index (χ3n) is 1.90. The molecule has 78 valence electrons. The van der Waals surface area contributed by atoms with Crippen molar-refractivity contribution in [3.05, 3.63) is 29.1 Å². The zero-order chi connectivity index (χ0) is 8.55. The minimum atomic E-state index is -0.968. The molecular formula is C8H10Cl2N2O2. The number of carboxylic acids is 1. The Kier molecular flexibility index (Phi) is 4.83. The summed E-state index contributed by atoms with van der Waals surface area (Å²) in [5, 5.41) is 11.7. The summed E-state index contributed by atoms with van der Waals surface area (Å²) in [5.74, 6) is -0.968. The highest BCUT2D eigenvalue weighted by Gasteiger charge is 2.13. The van der Waals surface area contributed by atoms with Crippen LogP contribution in [0.25, 0.3) is 0 Å². The standard InChI is InChI=1S/C8H8N2O2.2ClH/c11-8(12)6-2-1-5-3-9-4-7(5)10-6;;/h1-2,9H,3-4H2,(H,11,12);2*1H. The molecule has 1 aliphatic rings. The second kappa shape index (κ2) is 5.14. The highest BCUT2D eigenvalue weighted by molar-refractivity contribution is 5.86. The van der Waals surface area contributed by atoms with Gasteiger partial charge in [-0.3, -0.25) is 0 Å². The summed E-state index contributed by atoms with van der Waals surface area (Å²) < 4.78 is 0. The Morgan fingerprint density at radius 2 is 2.07 bits per heavy atom. The Hall–Kier alpha value is -0.840. The number of aromatic nitrogens is 1. The molecule has 2 rings (SSSR count). The van der Waals surface area contributed by atoms with Crippen LogP contribution in [-0.2, 0) is 13.1 Å². The molecule has 0 spiro atoms. The number of rotatable bonds is 1. The van der Waals surface area contributed by atoms with Crippen LogP contribution in [0, 0.1) is 0 Å². The first-order valence-corrected chi connectivity index (χ1v) is 3.70. The highest BCUT2D eigenvalue weighted by atomic mass is 35.5. The van der Waals surface area contributed by atoms with Gasteiger partial charge in [-0.25, -0.2) is 9.78 Å². The van der Waals surface area contributed by atoms with Crippen molar-refractivity contribution in [2.75, 3.05) is 0 Å². The minimum absolute atomic E-state index is 0. The number of hydrogen-bond donors (Lipinski definition) is 2. The molecule has 4 nitrogen and oxygen atoms in total. The van der Waals surface area contributed by atoms with E-state index in [1.54, 1.807) is 0 Å². The van der Waals surface area contributed by atoms with Gasteiger partial charge in [0.25, 0.3) is 0 Å². The largest absolute Gasteiger partial charge is 0.477 e. The fourth-order valence-corrected chi connectivity index (χ4v) is 1.28. The summed E-state index contributed by atoms with van der Waals surface area (Å²) in [6, 6.07) is 3.35. The molecule has 0 unspecified atom stereocenters. The van der Waals surface area contributed by atoms with Crippen molar-refractivity contribution in [1.29, 1.82) is 0 Å². The van der Waals surface area contributed by atoms with Gasteiger partial charge in [-0.05, 0) is 11.6 Å². The molecule has 0 saturated heterocycles. The van der Waals surface area contributed by atoms with Gasteiger partial charge in [0.1, 0.15) is 5.69 Å². The van der Waals surface area contributed by atoms with Crippen molar-refractivity contribution < 1.29 is 9.90 Å². The number of hydrogen-bond acceptors (Lipinski definition) is 3. The molecule has 0 atom stereocenters. The number of halogens is 2. The number of carboxylic acid groups (broad SMARTS) is 1. The van der Waals surface area contributed by atoms with Gasteiger partial charge in [-0.1, -0.05) is 6.07 Å². The molecule has 0 saturated carbocycles. The minimum Gasteiger partial charge on any atom is -0.477 e. The van der Waals surface area contributed by atoms with Crippen LogP contribution in [0.3, 0.4) is 0 Å². The monoisotopic (exact) mass is 236 g/mol. The first-order chi connectivity index (χ1) is 5.77. The van der Waals surface area contributed by atoms with E-state index in [0.717, 1.165) is 17.8 Å². The normalized spacial score (nSPS) is 12.3. The average molecular weight is 237 g/mol. The van der Waals surface area contributed by atoms with Crippen molar-refractivity contribution in [3.63, 3.8) is 0 Å². The molecule has 0 radical (unpaired) electrons. The third-order valence-corrected chi connectivity index (χ3v) is 1.90. The lowest BCUT2D eigenvalue weighted by molar-refractivity contribution is 0.0690. The molecule has 2 heterocycles. The van der Waals surface area contributed by atoms with E-state index in [1.165, 1.54) is 6.07 Å². The quantitative estimate of drug-likeness (QED) is 0.771. The van der Waals surface area contributed by atoms with E-state index in [0.29, 0.717) is 6.54 Å². The molecular weight excluding hydrogens is 227 g/mol. The van der Waals surface area contributed by atoms with Crippen molar-refractivity contribution >= 4 is 30.8 Å². The predicted octanol–water partition coefficient (Wildman–Crippen LogP) is 1.23. The fraction of sp³-hybridized carbons (Fsp3) is 0.250. The van der Waals surface area contributed by atoms with E-state index in [4.69, 9.17) is 5.11 Å². The van der Waals surface area contributed by atoms with Crippen LogP contribution in [0.15, 0.2) is 12.1 Å². The zero-order valence-corrected chi connectivity index (χ0v) is 8.82. The third kappa shape index (κ3) is 2.35. The lowest BCUT2D eigenvalue weighted by atomic mass is 10.2. The van der Waals surface area contributed by atoms with Crippen molar-refractivity contribution in [2.24, 2.45) is 0 Å². The zero-order valence-electron chi connectivity index (χ0n) is 7.19. The molecule has 14 heavy (non-hydrogen) atoms. The maximum Gasteiger partial charge on any atom is 0.354 e. The second-order valence-electron chi connectivity index (χ2n) is 2.71. The topological polar surface area (TPSA) is 62.2 Å². The average Bonchev–Trinajstić information content (AvgIpc) is 2.49. The smallest absolute Gasteiger partial charge is 0.354 e. The van der Waals surface area contributed by atoms with Crippen LogP contribution in [-0.4, -0.2) is 16.1 Å². The van der Waals surface area contributed by atoms with Crippen LogP contribution in [0.5, 0.6) is 0 Å². The van der Waals surface area contributed by atoms with Crippen LogP contribution < -0.4 is 5.32 Å². The van der Waals surface area contributed by atoms with Crippen molar-refractivity contribution in [3.8, 4) is 0 Å². The maximum absolute atomic E-state index is 10.5. The van der Waals surface area contributed by atoms with Gasteiger partial charge in [-0.2, -0.15) is 0 Å². The fourth-order valence-electron chi connectivity index (χ4n) is 1.28. The van der Waals surface area contributed by atoms with E-state index in [2.05, 4.69) is 10.3 Å². The molecule has 1 aromatic rings. The molecule has 6 heteroatoms. The Balaban J connectivity index is 0.000000845. The summed E-state index contributed by atoms with van der Waals surface area (Å²) in [7, 11) is 0. The van der Waals surface area contributed by atoms with Crippen LogP contribution in [0.4, 0.5) is 0 Å². The summed E-state index contributed by atoms with van der Waals surface area (Å²) in [6.45, 7) is 1.47. The number of pyridine rings is 1. The van der Waals surface area contributed by atoms with Gasteiger partial charge in [0.15, 0.2) is 0 Å². The first-order valence-electron chi connectivity index (χ1n) is 3.70. The number of carbonyl (C=O) groups is 1. The molecule has 1 aliphatic heterocycles. The number of nitrogens with zero attached hydrogens (tertiary/aromatic N) is 1. The number of fused-ring (bicyclic) bond motifs is 1. The maximum atomic E-state index is 10.5. The summed E-state index contributed by atoms with van der Waals surface area (Å²) >= 11 is 0. The first kappa shape index (κ1) is 13.2. The van der Waals surface area contributed by atoms with Crippen molar-refractivity contribution in [1.82, 2.24) is 10.3 Å². The Morgan fingerprint density at radius 1 is 1.36 bits per heavy atom. The second-order valence-corrected chi connectivity index (χ2v) is 2.71. The van der Waals surface area contributed by atoms with Crippen LogP contribution in [0.2, 0.25) is 0 Å². The summed E-state index contributed by atoms with van der Waals surface area (Å²) in [4.78, 5) is 14.5. The van der Waals surface area contributed by atoms with Crippen LogP contribution >= 0.6 is 24.8 Å². The molecule has 0 aromatic carbocycles. The lowest BCUT2D eigenvalue weighted by Crippen LogP contribution is -2.03. The van der Waals surface area contributed by atoms with E-state index < -0.39 is 5.97 Å². The van der Waals surface area contributed by atoms with Gasteiger partial charge in [0.05, 0.1) is 5.69 Å². The Bertz CT molecular complexity index is 344. The number of aromatic carboxylic acids is 1. The van der Waals surface area contributed by atoms with E-state index >= 15 is 0 Å². The predicted molar refractivity (Wildman–Crippen MR) is 56.2 cm³/mol. The Labute approximate surface area is 93.6 Å². The van der Waals surface area contributed by atoms with E-state index in [9.17, 15) is 4.79 Å². The Morgan fingerprint density at radius 3 is 2.71 bits per heavy atom. The summed E-state index contributed by atoms with van der Waals surface area (Å²) in [5.41, 5.74) is 2.08. The van der Waals surface area contributed by atoms with Gasteiger partial charge in [-0.15, -0.1) is 24.8 Å². The van der Waals surface area contributed by atoms with Crippen LogP contribution in [0.1, 0.15) is 21.7 Å². The van der Waals surface area contributed by atoms with Crippen molar-refractivity contribution in [2.45, 2.75) is 13.1 Å². The highest BCUT2D eigenvalue weighted by Crippen LogP contribution is 2.12. The molecule has 0 amide bonds. The molecule has 2 N–H and O–H groups in total.